The molecule has 0 aliphatic heterocycles. The lowest BCUT2D eigenvalue weighted by Gasteiger charge is -2.12. The molecule has 0 spiro atoms. The third-order valence-electron chi connectivity index (χ3n) is 2.78. The Balaban J connectivity index is 1.79. The molecule has 0 amide bonds. The quantitative estimate of drug-likeness (QED) is 0.629. The van der Waals surface area contributed by atoms with E-state index in [-0.39, 0.29) is 11.4 Å². The van der Waals surface area contributed by atoms with Crippen molar-refractivity contribution in [1.29, 1.82) is 0 Å². The van der Waals surface area contributed by atoms with Crippen LogP contribution in [-0.2, 0) is 9.53 Å². The predicted octanol–water partition coefficient (Wildman–Crippen LogP) is 0.692. The molecule has 2 fully saturated rings. The van der Waals surface area contributed by atoms with Crippen LogP contribution < -0.4 is 5.32 Å². The second-order valence-corrected chi connectivity index (χ2v) is 3.93. The first kappa shape index (κ1) is 8.05. The van der Waals surface area contributed by atoms with E-state index in [2.05, 4.69) is 5.32 Å². The Labute approximate surface area is 72.5 Å². The Kier molecular flexibility index (Phi) is 1.83. The van der Waals surface area contributed by atoms with Crippen LogP contribution in [0, 0.1) is 5.41 Å². The average molecular weight is 169 g/mol. The number of nitrogens with one attached hydrogen (secondary N) is 1. The highest BCUT2D eigenvalue weighted by atomic mass is 16.5. The monoisotopic (exact) mass is 169 g/mol. The lowest BCUT2D eigenvalue weighted by atomic mass is 10.1. The zero-order valence-corrected chi connectivity index (χ0v) is 7.43. The molecule has 0 aromatic heterocycles. The van der Waals surface area contributed by atoms with E-state index in [0.717, 1.165) is 19.4 Å². The minimum atomic E-state index is -0.142. The van der Waals surface area contributed by atoms with E-state index >= 15 is 0 Å². The molecule has 2 saturated carbocycles. The van der Waals surface area contributed by atoms with Crippen LogP contribution in [0.5, 0.6) is 0 Å². The molecule has 2 rings (SSSR count). The minimum Gasteiger partial charge on any atom is -0.469 e. The lowest BCUT2D eigenvalue weighted by Crippen LogP contribution is -2.32. The largest absolute Gasteiger partial charge is 0.469 e. The normalized spacial score (nSPS) is 25.1. The molecule has 2 aliphatic rings. The fourth-order valence-corrected chi connectivity index (χ4v) is 1.45. The number of carbonyl (C=O) groups is 1. The maximum Gasteiger partial charge on any atom is 0.313 e. The fraction of sp³-hybridized carbons (Fsp3) is 0.889. The van der Waals surface area contributed by atoms with Crippen LogP contribution in [-0.4, -0.2) is 25.7 Å². The van der Waals surface area contributed by atoms with Gasteiger partial charge in [0, 0.05) is 12.6 Å². The molecule has 0 aromatic rings. The summed E-state index contributed by atoms with van der Waals surface area (Å²) in [6, 6.07) is 0.687. The summed E-state index contributed by atoms with van der Waals surface area (Å²) in [5, 5.41) is 3.37. The molecule has 0 unspecified atom stereocenters. The number of esters is 1. The van der Waals surface area contributed by atoms with E-state index in [1.165, 1.54) is 20.0 Å². The van der Waals surface area contributed by atoms with Crippen LogP contribution in [0.1, 0.15) is 25.7 Å². The Morgan fingerprint density at radius 2 is 2.25 bits per heavy atom. The first-order valence-corrected chi connectivity index (χ1v) is 4.59. The van der Waals surface area contributed by atoms with Crippen molar-refractivity contribution >= 4 is 5.97 Å². The first-order valence-electron chi connectivity index (χ1n) is 4.59. The van der Waals surface area contributed by atoms with Gasteiger partial charge in [0.05, 0.1) is 12.5 Å². The van der Waals surface area contributed by atoms with Gasteiger partial charge in [-0.05, 0) is 25.7 Å². The predicted molar refractivity (Wildman–Crippen MR) is 44.7 cm³/mol. The molecular weight excluding hydrogens is 154 g/mol. The smallest absolute Gasteiger partial charge is 0.313 e. The van der Waals surface area contributed by atoms with Crippen LogP contribution in [0.3, 0.4) is 0 Å². The van der Waals surface area contributed by atoms with Gasteiger partial charge in [-0.25, -0.2) is 0 Å². The van der Waals surface area contributed by atoms with Crippen molar-refractivity contribution < 1.29 is 9.53 Å². The summed E-state index contributed by atoms with van der Waals surface area (Å²) in [7, 11) is 1.47. The van der Waals surface area contributed by atoms with Gasteiger partial charge in [0.2, 0.25) is 0 Å². The van der Waals surface area contributed by atoms with Gasteiger partial charge in [0.1, 0.15) is 0 Å². The number of carbonyl (C=O) groups excluding carboxylic acids is 1. The molecule has 1 N–H and O–H groups in total. The third-order valence-corrected chi connectivity index (χ3v) is 2.78. The van der Waals surface area contributed by atoms with Crippen molar-refractivity contribution in [3.63, 3.8) is 0 Å². The molecule has 0 aromatic carbocycles. The van der Waals surface area contributed by atoms with Crippen molar-refractivity contribution in [2.24, 2.45) is 5.41 Å². The maximum atomic E-state index is 11.3. The van der Waals surface area contributed by atoms with E-state index in [9.17, 15) is 4.79 Å². The Morgan fingerprint density at radius 3 is 2.67 bits per heavy atom. The van der Waals surface area contributed by atoms with Gasteiger partial charge in [-0.2, -0.15) is 0 Å². The maximum absolute atomic E-state index is 11.3. The van der Waals surface area contributed by atoms with Crippen molar-refractivity contribution in [2.45, 2.75) is 31.7 Å². The molecule has 3 heteroatoms. The van der Waals surface area contributed by atoms with Crippen LogP contribution >= 0.6 is 0 Å². The third kappa shape index (κ3) is 1.46. The SMILES string of the molecule is COC(=O)C1(CNC2CC2)CC1. The molecule has 68 valence electrons. The van der Waals surface area contributed by atoms with Crippen molar-refractivity contribution in [3.8, 4) is 0 Å². The summed E-state index contributed by atoms with van der Waals surface area (Å²) in [6.45, 7) is 0.824. The van der Waals surface area contributed by atoms with E-state index in [1.807, 2.05) is 0 Å². The van der Waals surface area contributed by atoms with Crippen molar-refractivity contribution in [2.75, 3.05) is 13.7 Å². The zero-order valence-electron chi connectivity index (χ0n) is 7.43. The summed E-state index contributed by atoms with van der Waals surface area (Å²) >= 11 is 0. The van der Waals surface area contributed by atoms with Crippen LogP contribution in [0.25, 0.3) is 0 Å². The highest BCUT2D eigenvalue weighted by molar-refractivity contribution is 5.80. The molecule has 0 atom stereocenters. The Hall–Kier alpha value is -0.570. The van der Waals surface area contributed by atoms with Crippen molar-refractivity contribution in [1.82, 2.24) is 5.32 Å². The van der Waals surface area contributed by atoms with Crippen LogP contribution in [0.15, 0.2) is 0 Å². The van der Waals surface area contributed by atoms with E-state index < -0.39 is 0 Å². The van der Waals surface area contributed by atoms with Crippen molar-refractivity contribution in [3.05, 3.63) is 0 Å². The molecule has 0 saturated heterocycles. The fourth-order valence-electron chi connectivity index (χ4n) is 1.45. The van der Waals surface area contributed by atoms with E-state index in [4.69, 9.17) is 4.74 Å². The molecular formula is C9H15NO2. The number of rotatable bonds is 4. The number of ether oxygens (including phenoxy) is 1. The average Bonchev–Trinajstić information content (AvgIpc) is 2.93. The molecule has 3 nitrogen and oxygen atoms in total. The minimum absolute atomic E-state index is 0.0318. The lowest BCUT2D eigenvalue weighted by molar-refractivity contribution is -0.146. The topological polar surface area (TPSA) is 38.3 Å². The van der Waals surface area contributed by atoms with Gasteiger partial charge in [-0.3, -0.25) is 4.79 Å². The molecule has 0 radical (unpaired) electrons. The van der Waals surface area contributed by atoms with Gasteiger partial charge in [-0.15, -0.1) is 0 Å². The highest BCUT2D eigenvalue weighted by Crippen LogP contribution is 2.46. The van der Waals surface area contributed by atoms with Gasteiger partial charge >= 0.3 is 5.97 Å². The van der Waals surface area contributed by atoms with Gasteiger partial charge in [0.15, 0.2) is 0 Å². The standard InChI is InChI=1S/C9H15NO2/c1-12-8(11)9(4-5-9)6-10-7-2-3-7/h7,10H,2-6H2,1H3. The van der Waals surface area contributed by atoms with E-state index in [1.54, 1.807) is 0 Å². The second kappa shape index (κ2) is 2.73. The number of hydrogen-bond donors (Lipinski definition) is 1. The van der Waals surface area contributed by atoms with Gasteiger partial charge in [-0.1, -0.05) is 0 Å². The molecule has 12 heavy (non-hydrogen) atoms. The molecule has 2 aliphatic carbocycles. The van der Waals surface area contributed by atoms with Gasteiger partial charge in [0.25, 0.3) is 0 Å². The number of hydrogen-bond acceptors (Lipinski definition) is 3. The summed E-state index contributed by atoms with van der Waals surface area (Å²) < 4.78 is 4.75. The van der Waals surface area contributed by atoms with Gasteiger partial charge < -0.3 is 10.1 Å². The first-order chi connectivity index (χ1) is 5.77. The molecule has 0 bridgehead atoms. The van der Waals surface area contributed by atoms with Crippen LogP contribution in [0.2, 0.25) is 0 Å². The summed E-state index contributed by atoms with van der Waals surface area (Å²) in [5.74, 6) is -0.0318. The van der Waals surface area contributed by atoms with Crippen LogP contribution in [0.4, 0.5) is 0 Å². The summed E-state index contributed by atoms with van der Waals surface area (Å²) in [5.41, 5.74) is -0.142. The zero-order chi connectivity index (χ0) is 8.60. The molecule has 0 heterocycles. The Bertz CT molecular complexity index is 195. The summed E-state index contributed by atoms with van der Waals surface area (Å²) in [4.78, 5) is 11.3. The Morgan fingerprint density at radius 1 is 1.58 bits per heavy atom. The van der Waals surface area contributed by atoms with E-state index in [0.29, 0.717) is 6.04 Å². The highest BCUT2D eigenvalue weighted by Gasteiger charge is 2.51. The summed E-state index contributed by atoms with van der Waals surface area (Å²) in [6.07, 6.45) is 4.55. The second-order valence-electron chi connectivity index (χ2n) is 3.93. The number of methoxy groups -OCH3 is 1.